The zero-order valence-corrected chi connectivity index (χ0v) is 8.81. The van der Waals surface area contributed by atoms with Gasteiger partial charge in [0.25, 0.3) is 5.91 Å². The Labute approximate surface area is 96.1 Å². The number of β-amino-alcohol motifs (C(OH)–C–C–N with tert-alkyl or cyclic N) is 2. The molecule has 92 valence electrons. The summed E-state index contributed by atoms with van der Waals surface area (Å²) in [5.41, 5.74) is -0.271. The molecule has 2 rings (SSSR count). The number of nitrogens with zero attached hydrogens (tertiary/aromatic N) is 1. The largest absolute Gasteiger partial charge is 0.388 e. The molecular weight excluding hydrogens is 232 g/mol. The van der Waals surface area contributed by atoms with E-state index in [0.717, 1.165) is 17.0 Å². The molecule has 1 saturated heterocycles. The third-order valence-electron chi connectivity index (χ3n) is 2.71. The van der Waals surface area contributed by atoms with E-state index in [1.165, 1.54) is 0 Å². The van der Waals surface area contributed by atoms with Gasteiger partial charge in [-0.25, -0.2) is 8.78 Å². The normalized spacial score (nSPS) is 24.1. The van der Waals surface area contributed by atoms with Crippen LogP contribution in [0.4, 0.5) is 8.78 Å². The summed E-state index contributed by atoms with van der Waals surface area (Å²) in [5.74, 6) is -2.38. The zero-order chi connectivity index (χ0) is 12.6. The molecule has 2 atom stereocenters. The van der Waals surface area contributed by atoms with Gasteiger partial charge in [-0.2, -0.15) is 0 Å². The highest BCUT2D eigenvalue weighted by Crippen LogP contribution is 2.17. The lowest BCUT2D eigenvalue weighted by atomic mass is 10.2. The van der Waals surface area contributed by atoms with Crippen LogP contribution in [0.2, 0.25) is 0 Å². The first-order valence-electron chi connectivity index (χ1n) is 5.09. The van der Waals surface area contributed by atoms with Crippen LogP contribution in [0, 0.1) is 11.6 Å². The van der Waals surface area contributed by atoms with Gasteiger partial charge in [0.1, 0.15) is 11.6 Å². The van der Waals surface area contributed by atoms with Crippen molar-refractivity contribution in [2.45, 2.75) is 12.2 Å². The fraction of sp³-hybridized carbons (Fsp3) is 0.364. The summed E-state index contributed by atoms with van der Waals surface area (Å²) in [7, 11) is 0. The van der Waals surface area contributed by atoms with Crippen LogP contribution in [-0.4, -0.2) is 46.3 Å². The second kappa shape index (κ2) is 4.38. The third-order valence-corrected chi connectivity index (χ3v) is 2.71. The van der Waals surface area contributed by atoms with Gasteiger partial charge in [0.15, 0.2) is 0 Å². The number of rotatable bonds is 1. The van der Waals surface area contributed by atoms with Crippen molar-refractivity contribution in [2.24, 2.45) is 0 Å². The predicted molar refractivity (Wildman–Crippen MR) is 54.3 cm³/mol. The fourth-order valence-corrected chi connectivity index (χ4v) is 1.77. The maximum Gasteiger partial charge on any atom is 0.257 e. The third kappa shape index (κ3) is 2.27. The average Bonchev–Trinajstić information content (AvgIpc) is 2.58. The first-order valence-corrected chi connectivity index (χ1v) is 5.09. The van der Waals surface area contributed by atoms with Gasteiger partial charge >= 0.3 is 0 Å². The topological polar surface area (TPSA) is 60.8 Å². The van der Waals surface area contributed by atoms with Crippen LogP contribution in [0.5, 0.6) is 0 Å². The van der Waals surface area contributed by atoms with Gasteiger partial charge < -0.3 is 15.1 Å². The molecule has 17 heavy (non-hydrogen) atoms. The second-order valence-corrected chi connectivity index (χ2v) is 3.97. The molecule has 1 aliphatic rings. The van der Waals surface area contributed by atoms with Crippen molar-refractivity contribution in [3.63, 3.8) is 0 Å². The lowest BCUT2D eigenvalue weighted by Gasteiger charge is -2.15. The van der Waals surface area contributed by atoms with E-state index in [9.17, 15) is 23.8 Å². The van der Waals surface area contributed by atoms with Crippen molar-refractivity contribution in [1.29, 1.82) is 0 Å². The van der Waals surface area contributed by atoms with Crippen molar-refractivity contribution in [1.82, 2.24) is 4.90 Å². The van der Waals surface area contributed by atoms with Crippen molar-refractivity contribution in [3.05, 3.63) is 35.4 Å². The van der Waals surface area contributed by atoms with Gasteiger partial charge in [-0.1, -0.05) is 0 Å². The van der Waals surface area contributed by atoms with E-state index < -0.39 is 29.7 Å². The molecule has 0 spiro atoms. The van der Waals surface area contributed by atoms with Gasteiger partial charge in [0, 0.05) is 19.2 Å². The number of aliphatic hydroxyl groups is 2. The Balaban J connectivity index is 2.20. The Kier molecular flexibility index (Phi) is 3.08. The minimum atomic E-state index is -1.03. The highest BCUT2D eigenvalue weighted by molar-refractivity contribution is 5.94. The number of aliphatic hydroxyl groups excluding tert-OH is 2. The molecule has 0 aromatic heterocycles. The van der Waals surface area contributed by atoms with Gasteiger partial charge in [-0.05, 0) is 12.1 Å². The number of benzene rings is 1. The summed E-state index contributed by atoms with van der Waals surface area (Å²) in [5, 5.41) is 18.6. The van der Waals surface area contributed by atoms with E-state index in [0.29, 0.717) is 6.07 Å². The zero-order valence-electron chi connectivity index (χ0n) is 8.81. The van der Waals surface area contributed by atoms with Crippen LogP contribution < -0.4 is 0 Å². The summed E-state index contributed by atoms with van der Waals surface area (Å²) in [6.45, 7) is -0.117. The maximum absolute atomic E-state index is 13.3. The highest BCUT2D eigenvalue weighted by atomic mass is 19.1. The molecule has 6 heteroatoms. The van der Waals surface area contributed by atoms with Crippen LogP contribution in [0.25, 0.3) is 0 Å². The molecule has 4 nitrogen and oxygen atoms in total. The van der Waals surface area contributed by atoms with E-state index in [4.69, 9.17) is 0 Å². The number of amides is 1. The number of hydrogen-bond acceptors (Lipinski definition) is 3. The first-order chi connectivity index (χ1) is 7.99. The van der Waals surface area contributed by atoms with Crippen molar-refractivity contribution in [3.8, 4) is 0 Å². The van der Waals surface area contributed by atoms with Crippen LogP contribution in [0.1, 0.15) is 10.4 Å². The van der Waals surface area contributed by atoms with E-state index in [2.05, 4.69) is 0 Å². The minimum absolute atomic E-state index is 0.0587. The van der Waals surface area contributed by atoms with Gasteiger partial charge in [-0.15, -0.1) is 0 Å². The molecule has 2 N–H and O–H groups in total. The number of halogens is 2. The maximum atomic E-state index is 13.3. The molecule has 2 unspecified atom stereocenters. The van der Waals surface area contributed by atoms with Gasteiger partial charge in [-0.3, -0.25) is 4.79 Å². The number of carbonyl (C=O) groups excluding carboxylic acids is 1. The van der Waals surface area contributed by atoms with E-state index >= 15 is 0 Å². The van der Waals surface area contributed by atoms with E-state index in [1.807, 2.05) is 0 Å². The summed E-state index contributed by atoms with van der Waals surface area (Å²) in [4.78, 5) is 12.9. The molecular formula is C11H11F2NO3. The number of likely N-dealkylation sites (tertiary alicyclic amines) is 1. The lowest BCUT2D eigenvalue weighted by Crippen LogP contribution is -2.30. The standard InChI is InChI=1S/C11H11F2NO3/c12-6-1-2-7(8(13)3-6)11(17)14-4-9(15)10(16)5-14/h1-3,9-10,15-16H,4-5H2. The summed E-state index contributed by atoms with van der Waals surface area (Å²) < 4.78 is 26.0. The molecule has 1 amide bonds. The van der Waals surface area contributed by atoms with Crippen LogP contribution in [-0.2, 0) is 0 Å². The van der Waals surface area contributed by atoms with Crippen LogP contribution in [0.15, 0.2) is 18.2 Å². The molecule has 1 fully saturated rings. The molecule has 1 aliphatic heterocycles. The Hall–Kier alpha value is -1.53. The van der Waals surface area contributed by atoms with E-state index in [1.54, 1.807) is 0 Å². The fourth-order valence-electron chi connectivity index (χ4n) is 1.77. The smallest absolute Gasteiger partial charge is 0.257 e. The molecule has 0 radical (unpaired) electrons. The van der Waals surface area contributed by atoms with Gasteiger partial charge in [0.2, 0.25) is 0 Å². The molecule has 0 saturated carbocycles. The molecule has 1 aromatic rings. The highest BCUT2D eigenvalue weighted by Gasteiger charge is 2.33. The van der Waals surface area contributed by atoms with Gasteiger partial charge in [0.05, 0.1) is 17.8 Å². The Bertz CT molecular complexity index is 442. The Morgan fingerprint density at radius 2 is 1.82 bits per heavy atom. The summed E-state index contributed by atoms with van der Waals surface area (Å²) >= 11 is 0. The van der Waals surface area contributed by atoms with Crippen molar-refractivity contribution in [2.75, 3.05) is 13.1 Å². The summed E-state index contributed by atoms with van der Waals surface area (Å²) in [6, 6.07) is 2.65. The van der Waals surface area contributed by atoms with E-state index in [-0.39, 0.29) is 18.7 Å². The second-order valence-electron chi connectivity index (χ2n) is 3.97. The predicted octanol–water partition coefficient (Wildman–Crippen LogP) is 0.142. The molecule has 0 aliphatic carbocycles. The lowest BCUT2D eigenvalue weighted by molar-refractivity contribution is 0.0572. The number of carbonyl (C=O) groups is 1. The van der Waals surface area contributed by atoms with Crippen molar-refractivity contribution < 1.29 is 23.8 Å². The molecule has 1 heterocycles. The summed E-state index contributed by atoms with van der Waals surface area (Å²) in [6.07, 6.45) is -2.05. The monoisotopic (exact) mass is 243 g/mol. The van der Waals surface area contributed by atoms with Crippen LogP contribution in [0.3, 0.4) is 0 Å². The first kappa shape index (κ1) is 11.9. The average molecular weight is 243 g/mol. The SMILES string of the molecule is O=C(c1ccc(F)cc1F)N1CC(O)C(O)C1. The van der Waals surface area contributed by atoms with Crippen molar-refractivity contribution >= 4 is 5.91 Å². The Morgan fingerprint density at radius 1 is 1.24 bits per heavy atom. The number of hydrogen-bond donors (Lipinski definition) is 2. The Morgan fingerprint density at radius 3 is 2.35 bits per heavy atom. The quantitative estimate of drug-likeness (QED) is 0.737. The molecule has 0 bridgehead atoms. The molecule has 1 aromatic carbocycles. The minimum Gasteiger partial charge on any atom is -0.388 e. The van der Waals surface area contributed by atoms with Crippen LogP contribution >= 0.6 is 0 Å².